The van der Waals surface area contributed by atoms with E-state index in [1.54, 1.807) is 0 Å². The van der Waals surface area contributed by atoms with E-state index < -0.39 is 6.09 Å². The zero-order valence-electron chi connectivity index (χ0n) is 6.88. The molecule has 0 aromatic carbocycles. The molecule has 0 radical (unpaired) electrons. The predicted octanol–water partition coefficient (Wildman–Crippen LogP) is 0.579. The van der Waals surface area contributed by atoms with E-state index in [4.69, 9.17) is 15.4 Å². The molecule has 0 unspecified atom stereocenters. The van der Waals surface area contributed by atoms with Crippen molar-refractivity contribution in [2.75, 3.05) is 19.8 Å². The average molecular weight is 186 g/mol. The van der Waals surface area contributed by atoms with Crippen molar-refractivity contribution in [3.63, 3.8) is 0 Å². The number of azide groups is 1. The van der Waals surface area contributed by atoms with E-state index in [1.807, 2.05) is 0 Å². The number of nitrogens with one attached hydrogen (secondary N) is 1. The fraction of sp³-hybridized carbons (Fsp3) is 0.833. The van der Waals surface area contributed by atoms with E-state index in [0.29, 0.717) is 13.2 Å². The van der Waals surface area contributed by atoms with Gasteiger partial charge in [-0.15, -0.1) is 0 Å². The summed E-state index contributed by atoms with van der Waals surface area (Å²) in [5.41, 5.74) is 8.08. The maximum Gasteiger partial charge on any atom is 0.404 e. The van der Waals surface area contributed by atoms with E-state index in [2.05, 4.69) is 15.3 Å². The van der Waals surface area contributed by atoms with Gasteiger partial charge in [-0.3, -0.25) is 0 Å². The largest absolute Gasteiger partial charge is 0.465 e. The van der Waals surface area contributed by atoms with Crippen molar-refractivity contribution in [1.29, 1.82) is 0 Å². The van der Waals surface area contributed by atoms with Crippen LogP contribution in [0.5, 0.6) is 0 Å². The van der Waals surface area contributed by atoms with E-state index in [9.17, 15) is 4.79 Å². The number of hydrogen-bond acceptors (Lipinski definition) is 3. The van der Waals surface area contributed by atoms with Gasteiger partial charge in [-0.05, 0) is 5.53 Å². The number of hydrogen-bond donors (Lipinski definition) is 2. The average Bonchev–Trinajstić information content (AvgIpc) is 2.48. The third kappa shape index (κ3) is 2.81. The van der Waals surface area contributed by atoms with E-state index >= 15 is 0 Å². The van der Waals surface area contributed by atoms with Crippen LogP contribution in [0.4, 0.5) is 4.79 Å². The highest BCUT2D eigenvalue weighted by Gasteiger charge is 2.28. The molecule has 0 aromatic rings. The van der Waals surface area contributed by atoms with Crippen LogP contribution in [-0.2, 0) is 4.74 Å². The first kappa shape index (κ1) is 9.63. The van der Waals surface area contributed by atoms with Crippen LogP contribution in [0.2, 0.25) is 0 Å². The lowest BCUT2D eigenvalue weighted by Gasteiger charge is -2.14. The van der Waals surface area contributed by atoms with Gasteiger partial charge in [0.15, 0.2) is 0 Å². The molecule has 0 saturated carbocycles. The Kier molecular flexibility index (Phi) is 3.36. The summed E-state index contributed by atoms with van der Waals surface area (Å²) in [7, 11) is 0. The van der Waals surface area contributed by atoms with Crippen LogP contribution in [0.15, 0.2) is 5.11 Å². The lowest BCUT2D eigenvalue weighted by Crippen LogP contribution is -2.39. The molecular formula is C6H10N4O3. The first-order valence-electron chi connectivity index (χ1n) is 3.82. The van der Waals surface area contributed by atoms with Crippen molar-refractivity contribution >= 4 is 6.09 Å². The molecule has 7 nitrogen and oxygen atoms in total. The lowest BCUT2D eigenvalue weighted by atomic mass is 10.0. The standard InChI is InChI=1S/C6H10N4O3/c7-10-8-1-4-2-13-3-5(4)9-6(11)12/h4-5,9H,1-3H2,(H,11,12)/t4-,5-/m1/s1. The first-order chi connectivity index (χ1) is 6.24. The Morgan fingerprint density at radius 1 is 1.77 bits per heavy atom. The van der Waals surface area contributed by atoms with Crippen molar-refractivity contribution in [3.05, 3.63) is 10.4 Å². The normalized spacial score (nSPS) is 26.5. The Morgan fingerprint density at radius 3 is 3.15 bits per heavy atom. The first-order valence-corrected chi connectivity index (χ1v) is 3.82. The minimum Gasteiger partial charge on any atom is -0.465 e. The lowest BCUT2D eigenvalue weighted by molar-refractivity contribution is 0.174. The number of rotatable bonds is 3. The van der Waals surface area contributed by atoms with Crippen molar-refractivity contribution in [1.82, 2.24) is 5.32 Å². The Labute approximate surface area is 74.3 Å². The van der Waals surface area contributed by atoms with Gasteiger partial charge in [0.2, 0.25) is 0 Å². The van der Waals surface area contributed by atoms with E-state index in [1.165, 1.54) is 0 Å². The third-order valence-electron chi connectivity index (χ3n) is 1.89. The second kappa shape index (κ2) is 4.54. The summed E-state index contributed by atoms with van der Waals surface area (Å²) in [5.74, 6) is -0.0491. The predicted molar refractivity (Wildman–Crippen MR) is 43.3 cm³/mol. The summed E-state index contributed by atoms with van der Waals surface area (Å²) in [4.78, 5) is 12.9. The van der Waals surface area contributed by atoms with Crippen LogP contribution < -0.4 is 5.32 Å². The molecule has 1 rings (SSSR count). The van der Waals surface area contributed by atoms with Crippen LogP contribution >= 0.6 is 0 Å². The van der Waals surface area contributed by atoms with Crippen molar-refractivity contribution < 1.29 is 14.6 Å². The highest BCUT2D eigenvalue weighted by Crippen LogP contribution is 2.13. The minimum atomic E-state index is -1.08. The van der Waals surface area contributed by atoms with E-state index in [0.717, 1.165) is 0 Å². The molecule has 13 heavy (non-hydrogen) atoms. The van der Waals surface area contributed by atoms with Gasteiger partial charge in [-0.2, -0.15) is 0 Å². The molecule has 0 aliphatic carbocycles. The molecule has 0 spiro atoms. The van der Waals surface area contributed by atoms with Gasteiger partial charge in [0.25, 0.3) is 0 Å². The topological polar surface area (TPSA) is 107 Å². The summed E-state index contributed by atoms with van der Waals surface area (Å²) in [6.07, 6.45) is -1.08. The fourth-order valence-corrected chi connectivity index (χ4v) is 1.24. The molecule has 1 saturated heterocycles. The highest BCUT2D eigenvalue weighted by atomic mass is 16.5. The Balaban J connectivity index is 2.43. The molecule has 1 fully saturated rings. The Bertz CT molecular complexity index is 228. The zero-order chi connectivity index (χ0) is 9.68. The van der Waals surface area contributed by atoms with Crippen LogP contribution in [0, 0.1) is 5.92 Å². The molecule has 1 heterocycles. The SMILES string of the molecule is [N-]=[N+]=NC[C@@H]1COC[C@H]1NC(=O)O. The van der Waals surface area contributed by atoms with Crippen molar-refractivity contribution in [2.45, 2.75) is 6.04 Å². The van der Waals surface area contributed by atoms with Crippen molar-refractivity contribution in [2.24, 2.45) is 11.0 Å². The molecule has 1 amide bonds. The molecule has 1 aliphatic heterocycles. The van der Waals surface area contributed by atoms with Gasteiger partial charge in [0.05, 0.1) is 19.3 Å². The molecule has 2 N–H and O–H groups in total. The number of ether oxygens (including phenoxy) is 1. The quantitative estimate of drug-likeness (QED) is 0.382. The summed E-state index contributed by atoms with van der Waals surface area (Å²) in [5, 5.41) is 14.1. The molecule has 0 bridgehead atoms. The molecule has 2 atom stereocenters. The number of carbonyl (C=O) groups is 1. The summed E-state index contributed by atoms with van der Waals surface area (Å²) in [6, 6.07) is -0.261. The third-order valence-corrected chi connectivity index (χ3v) is 1.89. The van der Waals surface area contributed by atoms with E-state index in [-0.39, 0.29) is 18.5 Å². The minimum absolute atomic E-state index is 0.0491. The highest BCUT2D eigenvalue weighted by molar-refractivity contribution is 5.64. The van der Waals surface area contributed by atoms with Crippen LogP contribution in [0.25, 0.3) is 10.4 Å². The maximum atomic E-state index is 10.3. The monoisotopic (exact) mass is 186 g/mol. The van der Waals surface area contributed by atoms with Gasteiger partial charge in [0.1, 0.15) is 0 Å². The second-order valence-electron chi connectivity index (χ2n) is 2.77. The zero-order valence-corrected chi connectivity index (χ0v) is 6.88. The second-order valence-corrected chi connectivity index (χ2v) is 2.77. The summed E-state index contributed by atoms with van der Waals surface area (Å²) < 4.78 is 5.06. The van der Waals surface area contributed by atoms with Crippen LogP contribution in [0.3, 0.4) is 0 Å². The summed E-state index contributed by atoms with van der Waals surface area (Å²) >= 11 is 0. The van der Waals surface area contributed by atoms with Gasteiger partial charge < -0.3 is 15.2 Å². The molecular weight excluding hydrogens is 176 g/mol. The molecule has 1 aliphatic rings. The smallest absolute Gasteiger partial charge is 0.404 e. The molecule has 7 heteroatoms. The fourth-order valence-electron chi connectivity index (χ4n) is 1.24. The molecule has 0 aromatic heterocycles. The Morgan fingerprint density at radius 2 is 2.54 bits per heavy atom. The van der Waals surface area contributed by atoms with Gasteiger partial charge >= 0.3 is 6.09 Å². The van der Waals surface area contributed by atoms with Crippen LogP contribution in [-0.4, -0.2) is 37.0 Å². The van der Waals surface area contributed by atoms with Gasteiger partial charge in [-0.1, -0.05) is 5.11 Å². The number of nitrogens with zero attached hydrogens (tertiary/aromatic N) is 3. The number of carboxylic acid groups (broad SMARTS) is 1. The van der Waals surface area contributed by atoms with Gasteiger partial charge in [0, 0.05) is 17.4 Å². The van der Waals surface area contributed by atoms with Crippen molar-refractivity contribution in [3.8, 4) is 0 Å². The van der Waals surface area contributed by atoms with Gasteiger partial charge in [-0.25, -0.2) is 4.79 Å². The maximum absolute atomic E-state index is 10.3. The summed E-state index contributed by atoms with van der Waals surface area (Å²) in [6.45, 7) is 1.04. The molecule has 72 valence electrons. The Hall–Kier alpha value is -1.46. The number of amides is 1. The van der Waals surface area contributed by atoms with Crippen LogP contribution in [0.1, 0.15) is 0 Å².